The quantitative estimate of drug-likeness (QED) is 0.446. The third-order valence-electron chi connectivity index (χ3n) is 4.20. The van der Waals surface area contributed by atoms with Crippen molar-refractivity contribution in [2.45, 2.75) is 26.4 Å². The minimum atomic E-state index is -0.355. The van der Waals surface area contributed by atoms with Crippen molar-refractivity contribution in [2.75, 3.05) is 6.54 Å². The Balaban J connectivity index is 1.76. The summed E-state index contributed by atoms with van der Waals surface area (Å²) in [6.07, 6.45) is 3.24. The van der Waals surface area contributed by atoms with Gasteiger partial charge in [0.25, 0.3) is 11.1 Å². The van der Waals surface area contributed by atoms with Gasteiger partial charge in [-0.05, 0) is 59.7 Å². The zero-order valence-electron chi connectivity index (χ0n) is 15.6. The Morgan fingerprint density at radius 1 is 1.17 bits per heavy atom. The van der Waals surface area contributed by atoms with Crippen molar-refractivity contribution in [3.63, 3.8) is 0 Å². The van der Waals surface area contributed by atoms with Gasteiger partial charge in [0.05, 0.1) is 15.0 Å². The Morgan fingerprint density at radius 2 is 1.90 bits per heavy atom. The summed E-state index contributed by atoms with van der Waals surface area (Å²) < 4.78 is 18.9. The number of carbonyl (C=O) groups excluding carboxylic acids is 2. The fraction of sp³-hybridized carbons (Fsp3) is 0.238. The number of imide groups is 1. The number of nitrogens with zero attached hydrogens (tertiary/aromatic N) is 1. The smallest absolute Gasteiger partial charge is 0.293 e. The predicted molar refractivity (Wildman–Crippen MR) is 115 cm³/mol. The molecule has 0 N–H and O–H groups in total. The van der Waals surface area contributed by atoms with Gasteiger partial charge in [0.15, 0.2) is 5.75 Å². The summed E-state index contributed by atoms with van der Waals surface area (Å²) in [5, 5.41) is 0.234. The van der Waals surface area contributed by atoms with E-state index >= 15 is 0 Å². The van der Waals surface area contributed by atoms with Gasteiger partial charge in [-0.2, -0.15) is 0 Å². The second kappa shape index (κ2) is 9.65. The van der Waals surface area contributed by atoms with Crippen molar-refractivity contribution in [1.82, 2.24) is 4.90 Å². The molecule has 29 heavy (non-hydrogen) atoms. The molecule has 2 amide bonds. The molecular weight excluding hydrogens is 436 g/mol. The number of benzene rings is 2. The molecule has 152 valence electrons. The number of hydrogen-bond donors (Lipinski definition) is 0. The van der Waals surface area contributed by atoms with E-state index in [1.54, 1.807) is 30.3 Å². The van der Waals surface area contributed by atoms with Gasteiger partial charge < -0.3 is 4.74 Å². The highest BCUT2D eigenvalue weighted by Gasteiger charge is 2.34. The molecule has 1 heterocycles. The molecule has 2 aromatic rings. The molecule has 0 atom stereocenters. The van der Waals surface area contributed by atoms with Crippen molar-refractivity contribution in [3.8, 4) is 5.75 Å². The molecule has 1 aliphatic rings. The number of unbranched alkanes of at least 4 members (excludes halogenated alkanes) is 1. The first-order valence-corrected chi connectivity index (χ1v) is 10.6. The normalized spacial score (nSPS) is 15.4. The van der Waals surface area contributed by atoms with Crippen molar-refractivity contribution in [2.24, 2.45) is 0 Å². The molecule has 1 saturated heterocycles. The highest BCUT2D eigenvalue weighted by molar-refractivity contribution is 8.18. The third kappa shape index (κ3) is 5.32. The van der Waals surface area contributed by atoms with Crippen LogP contribution in [0.2, 0.25) is 10.0 Å². The summed E-state index contributed by atoms with van der Waals surface area (Å²) >= 11 is 13.5. The molecule has 4 nitrogen and oxygen atoms in total. The summed E-state index contributed by atoms with van der Waals surface area (Å²) in [7, 11) is 0. The van der Waals surface area contributed by atoms with E-state index in [1.807, 2.05) is 6.92 Å². The van der Waals surface area contributed by atoms with E-state index < -0.39 is 0 Å². The van der Waals surface area contributed by atoms with Crippen molar-refractivity contribution >= 4 is 52.2 Å². The summed E-state index contributed by atoms with van der Waals surface area (Å²) in [6.45, 7) is 2.51. The van der Waals surface area contributed by atoms with Gasteiger partial charge in [-0.25, -0.2) is 4.39 Å². The maximum atomic E-state index is 13.3. The lowest BCUT2D eigenvalue weighted by Crippen LogP contribution is -2.29. The van der Waals surface area contributed by atoms with Crippen LogP contribution < -0.4 is 4.74 Å². The molecule has 0 saturated carbocycles. The van der Waals surface area contributed by atoms with E-state index in [4.69, 9.17) is 27.9 Å². The van der Waals surface area contributed by atoms with Crippen LogP contribution in [0.15, 0.2) is 41.3 Å². The zero-order valence-corrected chi connectivity index (χ0v) is 17.9. The van der Waals surface area contributed by atoms with E-state index in [2.05, 4.69) is 0 Å². The largest absolute Gasteiger partial charge is 0.486 e. The van der Waals surface area contributed by atoms with Crippen LogP contribution >= 0.6 is 35.0 Å². The van der Waals surface area contributed by atoms with Gasteiger partial charge in [0, 0.05) is 6.54 Å². The number of halogens is 3. The number of ether oxygens (including phenoxy) is 1. The van der Waals surface area contributed by atoms with Crippen molar-refractivity contribution in [1.29, 1.82) is 0 Å². The lowest BCUT2D eigenvalue weighted by Gasteiger charge is -2.12. The van der Waals surface area contributed by atoms with Crippen LogP contribution in [0.3, 0.4) is 0 Å². The molecule has 0 radical (unpaired) electrons. The SMILES string of the molecule is CCCCN1C(=O)S/C(=C\c2cc(Cl)c(OCc3cccc(F)c3)c(Cl)c2)C1=O. The van der Waals surface area contributed by atoms with Gasteiger partial charge in [-0.15, -0.1) is 0 Å². The van der Waals surface area contributed by atoms with Crippen LogP contribution in [0.25, 0.3) is 6.08 Å². The van der Waals surface area contributed by atoms with Gasteiger partial charge in [0.1, 0.15) is 12.4 Å². The topological polar surface area (TPSA) is 46.6 Å². The van der Waals surface area contributed by atoms with Crippen molar-refractivity contribution in [3.05, 3.63) is 68.3 Å². The lowest BCUT2D eigenvalue weighted by atomic mass is 10.2. The maximum absolute atomic E-state index is 13.3. The molecule has 1 fully saturated rings. The van der Waals surface area contributed by atoms with Gasteiger partial charge in [0.2, 0.25) is 0 Å². The van der Waals surface area contributed by atoms with E-state index in [0.29, 0.717) is 22.6 Å². The molecule has 3 rings (SSSR count). The highest BCUT2D eigenvalue weighted by atomic mass is 35.5. The predicted octanol–water partition coefficient (Wildman–Crippen LogP) is 6.55. The van der Waals surface area contributed by atoms with E-state index in [-0.39, 0.29) is 39.4 Å². The van der Waals surface area contributed by atoms with Crippen LogP contribution in [0, 0.1) is 5.82 Å². The molecule has 0 spiro atoms. The molecule has 0 aliphatic carbocycles. The molecule has 2 aromatic carbocycles. The number of carbonyl (C=O) groups is 2. The Bertz CT molecular complexity index is 957. The van der Waals surface area contributed by atoms with Gasteiger partial charge in [-0.1, -0.05) is 48.7 Å². The molecule has 0 aromatic heterocycles. The lowest BCUT2D eigenvalue weighted by molar-refractivity contribution is -0.122. The van der Waals surface area contributed by atoms with Crippen molar-refractivity contribution < 1.29 is 18.7 Å². The molecule has 0 bridgehead atoms. The van der Waals surface area contributed by atoms with E-state index in [9.17, 15) is 14.0 Å². The minimum absolute atomic E-state index is 0.104. The number of amides is 2. The molecule has 8 heteroatoms. The first-order valence-electron chi connectivity index (χ1n) is 9.00. The number of thioether (sulfide) groups is 1. The minimum Gasteiger partial charge on any atom is -0.486 e. The van der Waals surface area contributed by atoms with Crippen LogP contribution in [-0.4, -0.2) is 22.6 Å². The van der Waals surface area contributed by atoms with Crippen LogP contribution in [-0.2, 0) is 11.4 Å². The van der Waals surface area contributed by atoms with E-state index in [0.717, 1.165) is 24.6 Å². The molecule has 1 aliphatic heterocycles. The fourth-order valence-electron chi connectivity index (χ4n) is 2.74. The van der Waals surface area contributed by atoms with E-state index in [1.165, 1.54) is 17.0 Å². The second-order valence-electron chi connectivity index (χ2n) is 6.42. The summed E-state index contributed by atoms with van der Waals surface area (Å²) in [4.78, 5) is 26.1. The monoisotopic (exact) mass is 453 g/mol. The number of rotatable bonds is 7. The first-order chi connectivity index (χ1) is 13.9. The fourth-order valence-corrected chi connectivity index (χ4v) is 4.22. The molecular formula is C21H18Cl2FNO3S. The van der Waals surface area contributed by atoms with Gasteiger partial charge in [-0.3, -0.25) is 14.5 Å². The number of hydrogen-bond acceptors (Lipinski definition) is 4. The molecule has 0 unspecified atom stereocenters. The second-order valence-corrected chi connectivity index (χ2v) is 8.23. The van der Waals surface area contributed by atoms with Crippen LogP contribution in [0.5, 0.6) is 5.75 Å². The maximum Gasteiger partial charge on any atom is 0.293 e. The average Bonchev–Trinajstić information content (AvgIpc) is 2.92. The Morgan fingerprint density at radius 3 is 2.55 bits per heavy atom. The summed E-state index contributed by atoms with van der Waals surface area (Å²) in [5.41, 5.74) is 1.22. The summed E-state index contributed by atoms with van der Waals surface area (Å²) in [5.74, 6) is -0.399. The van der Waals surface area contributed by atoms with Crippen LogP contribution in [0.4, 0.5) is 9.18 Å². The highest BCUT2D eigenvalue weighted by Crippen LogP contribution is 2.37. The third-order valence-corrected chi connectivity index (χ3v) is 5.67. The first kappa shape index (κ1) is 21.7. The zero-order chi connectivity index (χ0) is 21.0. The Labute approximate surface area is 182 Å². The summed E-state index contributed by atoms with van der Waals surface area (Å²) in [6, 6.07) is 9.25. The standard InChI is InChI=1S/C21H18Cl2FNO3S/c1-2-3-7-25-20(26)18(29-21(25)27)11-14-9-16(22)19(17(23)10-14)28-12-13-5-4-6-15(24)8-13/h4-6,8-11H,2-3,7,12H2,1H3/b18-11-. The van der Waals surface area contributed by atoms with Gasteiger partial charge >= 0.3 is 0 Å². The Hall–Kier alpha value is -2.02. The van der Waals surface area contributed by atoms with Crippen LogP contribution in [0.1, 0.15) is 30.9 Å². The average molecular weight is 454 g/mol. The Kier molecular flexibility index (Phi) is 7.22.